The van der Waals surface area contributed by atoms with E-state index < -0.39 is 5.97 Å². The molecule has 0 saturated heterocycles. The van der Waals surface area contributed by atoms with Gasteiger partial charge in [-0.1, -0.05) is 40.5 Å². The molecule has 0 radical (unpaired) electrons. The van der Waals surface area contributed by atoms with Crippen LogP contribution in [0.2, 0.25) is 0 Å². The predicted molar refractivity (Wildman–Crippen MR) is 122 cm³/mol. The first-order valence-corrected chi connectivity index (χ1v) is 13.2. The van der Waals surface area contributed by atoms with Gasteiger partial charge in [0.05, 0.1) is 18.1 Å². The van der Waals surface area contributed by atoms with Crippen molar-refractivity contribution in [1.29, 1.82) is 0 Å². The van der Waals surface area contributed by atoms with Gasteiger partial charge in [-0.05, 0) is 104 Å². The Hall–Kier alpha value is -0.610. The Labute approximate surface area is 189 Å². The summed E-state index contributed by atoms with van der Waals surface area (Å²) in [5.74, 6) is 2.55. The molecule has 11 atom stereocenters. The number of carbonyl (C=O) groups is 1. The van der Waals surface area contributed by atoms with Gasteiger partial charge in [0.15, 0.2) is 0 Å². The third kappa shape index (κ3) is 3.98. The highest BCUT2D eigenvalue weighted by Gasteiger charge is 2.62. The molecule has 0 bridgehead atoms. The molecule has 0 aromatic heterocycles. The fourth-order valence-corrected chi connectivity index (χ4v) is 9.25. The minimum absolute atomic E-state index is 0.170. The standard InChI is InChI=1S/C27H46O4/c1-16(6-5-7-17(2)25(30)31)20-8-9-21-24-22(11-13-27(20,21)4)26(3)12-10-19(28)14-18(26)15-23(24)29/h16-24,28-29H,5-15H2,1-4H3,(H,30,31)/t16-,17?,18+,19-,20-,21+,22+,23-,24+,26+,27-/m1/s1. The van der Waals surface area contributed by atoms with Gasteiger partial charge in [0.25, 0.3) is 0 Å². The lowest BCUT2D eigenvalue weighted by Gasteiger charge is -2.62. The lowest BCUT2D eigenvalue weighted by molar-refractivity contribution is -0.174. The zero-order valence-electron chi connectivity index (χ0n) is 20.2. The van der Waals surface area contributed by atoms with Crippen LogP contribution in [0.4, 0.5) is 0 Å². The average Bonchev–Trinajstić information content (AvgIpc) is 3.06. The number of carboxylic acid groups (broad SMARTS) is 1. The van der Waals surface area contributed by atoms with Crippen LogP contribution in [0.5, 0.6) is 0 Å². The van der Waals surface area contributed by atoms with Crippen molar-refractivity contribution < 1.29 is 20.1 Å². The van der Waals surface area contributed by atoms with E-state index in [0.29, 0.717) is 46.3 Å². The molecule has 0 aromatic rings. The van der Waals surface area contributed by atoms with E-state index >= 15 is 0 Å². The summed E-state index contributed by atoms with van der Waals surface area (Å²) < 4.78 is 0. The van der Waals surface area contributed by atoms with E-state index in [1.807, 2.05) is 6.92 Å². The highest BCUT2D eigenvalue weighted by Crippen LogP contribution is 2.68. The normalized spacial score (nSPS) is 48.9. The first-order valence-electron chi connectivity index (χ1n) is 13.2. The van der Waals surface area contributed by atoms with Crippen LogP contribution in [-0.4, -0.2) is 33.5 Å². The molecule has 1 unspecified atom stereocenters. The van der Waals surface area contributed by atoms with Crippen molar-refractivity contribution in [3.8, 4) is 0 Å². The monoisotopic (exact) mass is 434 g/mol. The van der Waals surface area contributed by atoms with Crippen molar-refractivity contribution in [1.82, 2.24) is 0 Å². The Kier molecular flexibility index (Phi) is 6.55. The highest BCUT2D eigenvalue weighted by atomic mass is 16.4. The van der Waals surface area contributed by atoms with Crippen molar-refractivity contribution >= 4 is 5.97 Å². The summed E-state index contributed by atoms with van der Waals surface area (Å²) in [4.78, 5) is 11.1. The van der Waals surface area contributed by atoms with Crippen LogP contribution >= 0.6 is 0 Å². The SMILES string of the molecule is CC(CCC[C@@H](C)[C@H]1CC[C@H]2[C@@H]3[C@H](O)C[C@@H]4C[C@H](O)CC[C@]4(C)[C@H]3CC[C@]12C)C(=O)O. The van der Waals surface area contributed by atoms with Gasteiger partial charge < -0.3 is 15.3 Å². The summed E-state index contributed by atoms with van der Waals surface area (Å²) in [5.41, 5.74) is 0.610. The number of aliphatic carboxylic acids is 1. The maximum Gasteiger partial charge on any atom is 0.306 e. The molecule has 4 aliphatic carbocycles. The van der Waals surface area contributed by atoms with E-state index in [9.17, 15) is 15.0 Å². The van der Waals surface area contributed by atoms with Crippen molar-refractivity contribution in [3.05, 3.63) is 0 Å². The Morgan fingerprint density at radius 1 is 0.935 bits per heavy atom. The third-order valence-electron chi connectivity index (χ3n) is 11.1. The summed E-state index contributed by atoms with van der Waals surface area (Å²) in [7, 11) is 0. The number of rotatable bonds is 6. The number of aliphatic hydroxyl groups excluding tert-OH is 2. The molecule has 0 aromatic carbocycles. The quantitative estimate of drug-likeness (QED) is 0.515. The van der Waals surface area contributed by atoms with Gasteiger partial charge in [-0.2, -0.15) is 0 Å². The van der Waals surface area contributed by atoms with Gasteiger partial charge in [-0.15, -0.1) is 0 Å². The molecule has 178 valence electrons. The van der Waals surface area contributed by atoms with E-state index in [0.717, 1.165) is 44.9 Å². The van der Waals surface area contributed by atoms with E-state index in [1.165, 1.54) is 25.7 Å². The van der Waals surface area contributed by atoms with Crippen LogP contribution in [0.25, 0.3) is 0 Å². The Balaban J connectivity index is 1.46. The number of carboxylic acids is 1. The molecule has 0 aliphatic heterocycles. The topological polar surface area (TPSA) is 77.8 Å². The molecule has 4 aliphatic rings. The number of aliphatic hydroxyl groups is 2. The maximum absolute atomic E-state index is 11.3. The number of fused-ring (bicyclic) bond motifs is 5. The molecule has 4 rings (SSSR count). The van der Waals surface area contributed by atoms with Crippen LogP contribution in [0.1, 0.15) is 98.3 Å². The van der Waals surface area contributed by atoms with Crippen LogP contribution < -0.4 is 0 Å². The van der Waals surface area contributed by atoms with Gasteiger partial charge in [-0.3, -0.25) is 4.79 Å². The maximum atomic E-state index is 11.3. The Morgan fingerprint density at radius 2 is 1.61 bits per heavy atom. The number of hydrogen-bond acceptors (Lipinski definition) is 3. The Bertz CT molecular complexity index is 664. The predicted octanol–water partition coefficient (Wildman–Crippen LogP) is 5.50. The third-order valence-corrected chi connectivity index (χ3v) is 11.1. The zero-order valence-corrected chi connectivity index (χ0v) is 20.2. The first kappa shape index (κ1) is 23.5. The average molecular weight is 435 g/mol. The molecule has 0 heterocycles. The van der Waals surface area contributed by atoms with Crippen molar-refractivity contribution in [2.24, 2.45) is 52.3 Å². The van der Waals surface area contributed by atoms with Crippen molar-refractivity contribution in [2.45, 2.75) is 111 Å². The van der Waals surface area contributed by atoms with Gasteiger partial charge >= 0.3 is 5.97 Å². The van der Waals surface area contributed by atoms with E-state index in [1.54, 1.807) is 0 Å². The van der Waals surface area contributed by atoms with Crippen molar-refractivity contribution in [2.75, 3.05) is 0 Å². The fraction of sp³-hybridized carbons (Fsp3) is 0.963. The van der Waals surface area contributed by atoms with Crippen LogP contribution in [0.15, 0.2) is 0 Å². The lowest BCUT2D eigenvalue weighted by Crippen LogP contribution is -2.58. The molecule has 0 spiro atoms. The lowest BCUT2D eigenvalue weighted by atomic mass is 9.43. The fourth-order valence-electron chi connectivity index (χ4n) is 9.25. The molecular formula is C27H46O4. The summed E-state index contributed by atoms with van der Waals surface area (Å²) in [6, 6.07) is 0. The molecule has 0 amide bonds. The largest absolute Gasteiger partial charge is 0.481 e. The second-order valence-electron chi connectivity index (χ2n) is 12.6. The minimum Gasteiger partial charge on any atom is -0.481 e. The molecular weight excluding hydrogens is 388 g/mol. The summed E-state index contributed by atoms with van der Waals surface area (Å²) >= 11 is 0. The summed E-state index contributed by atoms with van der Waals surface area (Å²) in [6.07, 6.45) is 11.4. The minimum atomic E-state index is -0.674. The van der Waals surface area contributed by atoms with Gasteiger partial charge in [0.1, 0.15) is 0 Å². The second kappa shape index (κ2) is 8.63. The Morgan fingerprint density at radius 3 is 2.32 bits per heavy atom. The molecule has 4 heteroatoms. The van der Waals surface area contributed by atoms with Crippen LogP contribution in [-0.2, 0) is 4.79 Å². The van der Waals surface area contributed by atoms with Gasteiger partial charge in [0, 0.05) is 0 Å². The summed E-state index contributed by atoms with van der Waals surface area (Å²) in [5, 5.41) is 30.8. The van der Waals surface area contributed by atoms with Gasteiger partial charge in [0.2, 0.25) is 0 Å². The van der Waals surface area contributed by atoms with Gasteiger partial charge in [-0.25, -0.2) is 0 Å². The molecule has 4 fully saturated rings. The second-order valence-corrected chi connectivity index (χ2v) is 12.6. The molecule has 4 nitrogen and oxygen atoms in total. The summed E-state index contributed by atoms with van der Waals surface area (Å²) in [6.45, 7) is 9.22. The molecule has 3 N–H and O–H groups in total. The highest BCUT2D eigenvalue weighted by molar-refractivity contribution is 5.69. The van der Waals surface area contributed by atoms with E-state index in [4.69, 9.17) is 5.11 Å². The van der Waals surface area contributed by atoms with E-state index in [2.05, 4.69) is 20.8 Å². The zero-order chi connectivity index (χ0) is 22.6. The van der Waals surface area contributed by atoms with Crippen LogP contribution in [0.3, 0.4) is 0 Å². The number of hydrogen-bond donors (Lipinski definition) is 3. The molecule has 4 saturated carbocycles. The van der Waals surface area contributed by atoms with Crippen molar-refractivity contribution in [3.63, 3.8) is 0 Å². The molecule has 31 heavy (non-hydrogen) atoms. The first-order chi connectivity index (χ1) is 14.6. The van der Waals surface area contributed by atoms with E-state index in [-0.39, 0.29) is 18.1 Å². The van der Waals surface area contributed by atoms with Crippen LogP contribution in [0, 0.1) is 52.3 Å². The smallest absolute Gasteiger partial charge is 0.306 e.